The van der Waals surface area contributed by atoms with E-state index in [4.69, 9.17) is 11.6 Å². The lowest BCUT2D eigenvalue weighted by atomic mass is 10.0. The highest BCUT2D eigenvalue weighted by atomic mass is 35.5. The first-order valence-electron chi connectivity index (χ1n) is 4.51. The summed E-state index contributed by atoms with van der Waals surface area (Å²) in [6.45, 7) is 0.657. The molecule has 0 amide bonds. The SMILES string of the molecule is Fc1cc(Cl)c2c(c1)-c1[nH]ncc1CN2. The van der Waals surface area contributed by atoms with Crippen molar-refractivity contribution < 1.29 is 4.39 Å². The topological polar surface area (TPSA) is 40.7 Å². The Labute approximate surface area is 90.3 Å². The minimum Gasteiger partial charge on any atom is -0.379 e. The number of hydrogen-bond donors (Lipinski definition) is 2. The van der Waals surface area contributed by atoms with Crippen molar-refractivity contribution in [2.75, 3.05) is 5.32 Å². The van der Waals surface area contributed by atoms with Crippen LogP contribution in [0.5, 0.6) is 0 Å². The lowest BCUT2D eigenvalue weighted by Crippen LogP contribution is -2.08. The molecule has 0 spiro atoms. The van der Waals surface area contributed by atoms with Gasteiger partial charge in [0.2, 0.25) is 0 Å². The number of rotatable bonds is 0. The molecule has 3 nitrogen and oxygen atoms in total. The summed E-state index contributed by atoms with van der Waals surface area (Å²) in [7, 11) is 0. The van der Waals surface area contributed by atoms with E-state index in [2.05, 4.69) is 15.5 Å². The maximum Gasteiger partial charge on any atom is 0.125 e. The first-order chi connectivity index (χ1) is 7.25. The van der Waals surface area contributed by atoms with Crippen molar-refractivity contribution >= 4 is 17.3 Å². The Bertz CT molecular complexity index is 535. The van der Waals surface area contributed by atoms with E-state index in [-0.39, 0.29) is 5.82 Å². The van der Waals surface area contributed by atoms with Crippen molar-refractivity contribution in [3.8, 4) is 11.3 Å². The van der Waals surface area contributed by atoms with Crippen molar-refractivity contribution in [3.05, 3.63) is 34.7 Å². The monoisotopic (exact) mass is 223 g/mol. The molecule has 1 aliphatic heterocycles. The van der Waals surface area contributed by atoms with Crippen LogP contribution >= 0.6 is 11.6 Å². The third-order valence-corrected chi connectivity index (χ3v) is 2.80. The molecule has 0 saturated heterocycles. The molecule has 0 atom stereocenters. The van der Waals surface area contributed by atoms with Gasteiger partial charge in [0.05, 0.1) is 22.6 Å². The van der Waals surface area contributed by atoms with Crippen LogP contribution < -0.4 is 5.32 Å². The fourth-order valence-electron chi connectivity index (χ4n) is 1.81. The second-order valence-corrected chi connectivity index (χ2v) is 3.84. The minimum atomic E-state index is -0.344. The molecule has 2 N–H and O–H groups in total. The molecule has 1 aromatic carbocycles. The number of anilines is 1. The molecule has 0 fully saturated rings. The highest BCUT2D eigenvalue weighted by molar-refractivity contribution is 6.34. The third-order valence-electron chi connectivity index (χ3n) is 2.50. The zero-order valence-electron chi connectivity index (χ0n) is 7.64. The van der Waals surface area contributed by atoms with Gasteiger partial charge in [-0.1, -0.05) is 11.6 Å². The fourth-order valence-corrected chi connectivity index (χ4v) is 2.09. The van der Waals surface area contributed by atoms with Crippen LogP contribution in [0, 0.1) is 5.82 Å². The quantitative estimate of drug-likeness (QED) is 0.721. The van der Waals surface area contributed by atoms with E-state index in [0.29, 0.717) is 11.6 Å². The Hall–Kier alpha value is -1.55. The average Bonchev–Trinajstić information content (AvgIpc) is 2.65. The second-order valence-electron chi connectivity index (χ2n) is 3.43. The average molecular weight is 224 g/mol. The van der Waals surface area contributed by atoms with Crippen LogP contribution in [0.3, 0.4) is 0 Å². The summed E-state index contributed by atoms with van der Waals surface area (Å²) in [6, 6.07) is 2.75. The van der Waals surface area contributed by atoms with E-state index in [0.717, 1.165) is 22.5 Å². The lowest BCUT2D eigenvalue weighted by molar-refractivity contribution is 0.628. The molecule has 0 unspecified atom stereocenters. The van der Waals surface area contributed by atoms with E-state index >= 15 is 0 Å². The molecule has 0 bridgehead atoms. The van der Waals surface area contributed by atoms with E-state index in [9.17, 15) is 4.39 Å². The molecule has 5 heteroatoms. The molecule has 76 valence electrons. The molecule has 2 aromatic rings. The maximum absolute atomic E-state index is 13.2. The Morgan fingerprint density at radius 1 is 1.40 bits per heavy atom. The van der Waals surface area contributed by atoms with Crippen LogP contribution in [0.15, 0.2) is 18.3 Å². The molecular formula is C10H7ClFN3. The summed E-state index contributed by atoms with van der Waals surface area (Å²) >= 11 is 5.94. The number of hydrogen-bond acceptors (Lipinski definition) is 2. The number of halogens is 2. The van der Waals surface area contributed by atoms with Crippen molar-refractivity contribution in [1.82, 2.24) is 10.2 Å². The maximum atomic E-state index is 13.2. The van der Waals surface area contributed by atoms with Crippen LogP contribution in [0.2, 0.25) is 5.02 Å². The molecule has 0 saturated carbocycles. The molecule has 0 radical (unpaired) electrons. The van der Waals surface area contributed by atoms with Crippen LogP contribution in [0.25, 0.3) is 11.3 Å². The molecule has 1 aliphatic rings. The number of aromatic nitrogens is 2. The number of nitrogens with one attached hydrogen (secondary N) is 2. The number of fused-ring (bicyclic) bond motifs is 3. The number of aromatic amines is 1. The van der Waals surface area contributed by atoms with Crippen LogP contribution in [0.1, 0.15) is 5.56 Å². The van der Waals surface area contributed by atoms with Crippen molar-refractivity contribution in [1.29, 1.82) is 0 Å². The summed E-state index contributed by atoms with van der Waals surface area (Å²) in [4.78, 5) is 0. The van der Waals surface area contributed by atoms with Gasteiger partial charge in [-0.15, -0.1) is 0 Å². The number of H-pyrrole nitrogens is 1. The standard InChI is InChI=1S/C10H7ClFN3/c11-8-2-6(12)1-7-9-5(4-14-15-9)3-13-10(7)8/h1-2,4,13H,3H2,(H,14,15). The molecule has 3 rings (SSSR count). The number of benzene rings is 1. The van der Waals surface area contributed by atoms with Gasteiger partial charge in [-0.25, -0.2) is 4.39 Å². The fraction of sp³-hybridized carbons (Fsp3) is 0.100. The molecule has 0 aliphatic carbocycles. The van der Waals surface area contributed by atoms with E-state index in [1.807, 2.05) is 0 Å². The van der Waals surface area contributed by atoms with Crippen LogP contribution in [0.4, 0.5) is 10.1 Å². The molecule has 2 heterocycles. The summed E-state index contributed by atoms with van der Waals surface area (Å²) in [6.07, 6.45) is 1.73. The van der Waals surface area contributed by atoms with Gasteiger partial charge >= 0.3 is 0 Å². The van der Waals surface area contributed by atoms with E-state index in [1.165, 1.54) is 12.1 Å². The predicted octanol–water partition coefficient (Wildman–Crippen LogP) is 2.79. The van der Waals surface area contributed by atoms with Crippen LogP contribution in [-0.4, -0.2) is 10.2 Å². The smallest absolute Gasteiger partial charge is 0.125 e. The van der Waals surface area contributed by atoms with E-state index < -0.39 is 0 Å². The zero-order chi connectivity index (χ0) is 10.4. The Balaban J connectivity index is 2.32. The van der Waals surface area contributed by atoms with Crippen molar-refractivity contribution in [2.24, 2.45) is 0 Å². The van der Waals surface area contributed by atoms with Crippen molar-refractivity contribution in [3.63, 3.8) is 0 Å². The summed E-state index contributed by atoms with van der Waals surface area (Å²) in [5.41, 5.74) is 3.35. The summed E-state index contributed by atoms with van der Waals surface area (Å²) in [5.74, 6) is -0.344. The van der Waals surface area contributed by atoms with Gasteiger partial charge in [0, 0.05) is 17.7 Å². The van der Waals surface area contributed by atoms with E-state index in [1.54, 1.807) is 6.20 Å². The molecular weight excluding hydrogens is 217 g/mol. The van der Waals surface area contributed by atoms with Gasteiger partial charge in [0.1, 0.15) is 5.82 Å². The second kappa shape index (κ2) is 2.97. The van der Waals surface area contributed by atoms with Gasteiger partial charge in [-0.2, -0.15) is 5.10 Å². The van der Waals surface area contributed by atoms with Gasteiger partial charge in [-0.3, -0.25) is 5.10 Å². The highest BCUT2D eigenvalue weighted by Crippen LogP contribution is 2.39. The normalized spacial score (nSPS) is 12.9. The third kappa shape index (κ3) is 1.22. The van der Waals surface area contributed by atoms with Gasteiger partial charge in [0.25, 0.3) is 0 Å². The Kier molecular flexibility index (Phi) is 1.73. The molecule has 1 aromatic heterocycles. The largest absolute Gasteiger partial charge is 0.379 e. The van der Waals surface area contributed by atoms with Gasteiger partial charge in [0.15, 0.2) is 0 Å². The van der Waals surface area contributed by atoms with Gasteiger partial charge < -0.3 is 5.32 Å². The minimum absolute atomic E-state index is 0.344. The number of nitrogens with zero attached hydrogens (tertiary/aromatic N) is 1. The highest BCUT2D eigenvalue weighted by Gasteiger charge is 2.20. The first kappa shape index (κ1) is 8.73. The zero-order valence-corrected chi connectivity index (χ0v) is 8.40. The predicted molar refractivity (Wildman–Crippen MR) is 56.3 cm³/mol. The Morgan fingerprint density at radius 2 is 2.27 bits per heavy atom. The molecule has 15 heavy (non-hydrogen) atoms. The first-order valence-corrected chi connectivity index (χ1v) is 4.89. The van der Waals surface area contributed by atoms with Gasteiger partial charge in [-0.05, 0) is 12.1 Å². The van der Waals surface area contributed by atoms with Crippen molar-refractivity contribution in [2.45, 2.75) is 6.54 Å². The Morgan fingerprint density at radius 3 is 3.13 bits per heavy atom. The van der Waals surface area contributed by atoms with Crippen LogP contribution in [-0.2, 0) is 6.54 Å². The lowest BCUT2D eigenvalue weighted by Gasteiger charge is -2.18. The summed E-state index contributed by atoms with van der Waals surface area (Å²) in [5, 5.41) is 10.3. The summed E-state index contributed by atoms with van der Waals surface area (Å²) < 4.78 is 13.2.